The molecule has 0 aliphatic carbocycles. The Kier molecular flexibility index (Phi) is 5.34. The fourth-order valence-electron chi connectivity index (χ4n) is 0.902. The summed E-state index contributed by atoms with van der Waals surface area (Å²) in [6.45, 7) is 3.51. The van der Waals surface area contributed by atoms with Gasteiger partial charge < -0.3 is 15.9 Å². The highest BCUT2D eigenvalue weighted by Gasteiger charge is 2.15. The van der Waals surface area contributed by atoms with Gasteiger partial charge in [0.15, 0.2) is 0 Å². The minimum atomic E-state index is -0.876. The molecule has 0 spiro atoms. The molecule has 0 aromatic carbocycles. The van der Waals surface area contributed by atoms with Crippen LogP contribution in [0.4, 0.5) is 0 Å². The Hall–Kier alpha value is -0.870. The lowest BCUT2D eigenvalue weighted by Crippen LogP contribution is -2.25. The fourth-order valence-corrected chi connectivity index (χ4v) is 0.902. The third-order valence-corrected chi connectivity index (χ3v) is 1.82. The molecule has 0 aromatic heterocycles. The molecule has 4 heteroatoms. The van der Waals surface area contributed by atoms with Gasteiger partial charge in [-0.15, -0.1) is 0 Å². The molecule has 4 N–H and O–H groups in total. The van der Waals surface area contributed by atoms with Crippen molar-refractivity contribution in [1.82, 2.24) is 0 Å². The second-order valence-corrected chi connectivity index (χ2v) is 2.89. The zero-order chi connectivity index (χ0) is 10.4. The standard InChI is InChI=1S/C9H17NO3/c1-3-6(11)5-7(9(10)13)8(12)4-2/h5-6,8,11-12H,3-4H2,1-2H3,(H2,10,13). The van der Waals surface area contributed by atoms with Crippen LogP contribution < -0.4 is 5.73 Å². The largest absolute Gasteiger partial charge is 0.389 e. The Morgan fingerprint density at radius 1 is 1.38 bits per heavy atom. The molecule has 0 heterocycles. The molecular formula is C9H17NO3. The van der Waals surface area contributed by atoms with Gasteiger partial charge in [0, 0.05) is 5.57 Å². The zero-order valence-electron chi connectivity index (χ0n) is 8.03. The van der Waals surface area contributed by atoms with Crippen molar-refractivity contribution >= 4 is 5.91 Å². The minimum Gasteiger partial charge on any atom is -0.389 e. The highest BCUT2D eigenvalue weighted by Crippen LogP contribution is 2.08. The van der Waals surface area contributed by atoms with Crippen LogP contribution in [0.25, 0.3) is 0 Å². The number of amides is 1. The SMILES string of the molecule is CCC(O)C=C(C(N)=O)C(O)CC. The molecule has 0 aliphatic rings. The van der Waals surface area contributed by atoms with Gasteiger partial charge in [-0.05, 0) is 18.9 Å². The topological polar surface area (TPSA) is 83.5 Å². The van der Waals surface area contributed by atoms with E-state index in [4.69, 9.17) is 5.73 Å². The van der Waals surface area contributed by atoms with E-state index < -0.39 is 18.1 Å². The van der Waals surface area contributed by atoms with Crippen LogP contribution in [-0.2, 0) is 4.79 Å². The molecule has 76 valence electrons. The normalized spacial score (nSPS) is 16.8. The highest BCUT2D eigenvalue weighted by molar-refractivity contribution is 5.92. The van der Waals surface area contributed by atoms with Gasteiger partial charge in [0.25, 0.3) is 0 Å². The van der Waals surface area contributed by atoms with E-state index in [0.717, 1.165) is 0 Å². The van der Waals surface area contributed by atoms with Crippen LogP contribution in [0.1, 0.15) is 26.7 Å². The molecule has 0 radical (unpaired) electrons. The van der Waals surface area contributed by atoms with Gasteiger partial charge in [-0.1, -0.05) is 13.8 Å². The lowest BCUT2D eigenvalue weighted by Gasteiger charge is -2.11. The number of aliphatic hydroxyl groups excluding tert-OH is 2. The van der Waals surface area contributed by atoms with Crippen molar-refractivity contribution in [2.24, 2.45) is 5.73 Å². The third kappa shape index (κ3) is 4.05. The summed E-state index contributed by atoms with van der Waals surface area (Å²) in [5, 5.41) is 18.6. The van der Waals surface area contributed by atoms with E-state index in [9.17, 15) is 15.0 Å². The first-order chi connectivity index (χ1) is 6.02. The average molecular weight is 187 g/mol. The summed E-state index contributed by atoms with van der Waals surface area (Å²) in [7, 11) is 0. The first-order valence-corrected chi connectivity index (χ1v) is 4.40. The number of carbonyl (C=O) groups excluding carboxylic acids is 1. The maximum absolute atomic E-state index is 10.8. The fraction of sp³-hybridized carbons (Fsp3) is 0.667. The van der Waals surface area contributed by atoms with Crippen molar-refractivity contribution in [3.63, 3.8) is 0 Å². The highest BCUT2D eigenvalue weighted by atomic mass is 16.3. The monoisotopic (exact) mass is 187 g/mol. The lowest BCUT2D eigenvalue weighted by atomic mass is 10.0. The molecule has 1 amide bonds. The molecule has 2 atom stereocenters. The van der Waals surface area contributed by atoms with Crippen molar-refractivity contribution in [3.05, 3.63) is 11.6 Å². The van der Waals surface area contributed by atoms with Crippen molar-refractivity contribution in [3.8, 4) is 0 Å². The number of hydrogen-bond acceptors (Lipinski definition) is 3. The molecule has 4 nitrogen and oxygen atoms in total. The van der Waals surface area contributed by atoms with E-state index in [-0.39, 0.29) is 5.57 Å². The maximum atomic E-state index is 10.8. The second-order valence-electron chi connectivity index (χ2n) is 2.89. The molecular weight excluding hydrogens is 170 g/mol. The van der Waals surface area contributed by atoms with Crippen LogP contribution in [0.15, 0.2) is 11.6 Å². The van der Waals surface area contributed by atoms with Crippen LogP contribution in [-0.4, -0.2) is 28.3 Å². The Balaban J connectivity index is 4.59. The predicted octanol–water partition coefficient (Wildman–Crippen LogP) is -0.0601. The van der Waals surface area contributed by atoms with Crippen LogP contribution >= 0.6 is 0 Å². The summed E-state index contributed by atoms with van der Waals surface area (Å²) in [6.07, 6.45) is 0.622. The van der Waals surface area contributed by atoms with Gasteiger partial charge in [-0.3, -0.25) is 4.79 Å². The van der Waals surface area contributed by atoms with Crippen LogP contribution in [0.2, 0.25) is 0 Å². The Morgan fingerprint density at radius 2 is 1.92 bits per heavy atom. The lowest BCUT2D eigenvalue weighted by molar-refractivity contribution is -0.115. The zero-order valence-corrected chi connectivity index (χ0v) is 8.03. The number of rotatable bonds is 5. The van der Waals surface area contributed by atoms with E-state index in [2.05, 4.69) is 0 Å². The first-order valence-electron chi connectivity index (χ1n) is 4.40. The minimum absolute atomic E-state index is 0.0943. The molecule has 13 heavy (non-hydrogen) atoms. The number of hydrogen-bond donors (Lipinski definition) is 3. The number of primary amides is 1. The molecule has 0 saturated carbocycles. The van der Waals surface area contributed by atoms with Crippen molar-refractivity contribution < 1.29 is 15.0 Å². The number of nitrogens with two attached hydrogens (primary N) is 1. The van der Waals surface area contributed by atoms with Crippen molar-refractivity contribution in [1.29, 1.82) is 0 Å². The van der Waals surface area contributed by atoms with Gasteiger partial charge in [-0.25, -0.2) is 0 Å². The second kappa shape index (κ2) is 5.72. The average Bonchev–Trinajstić information content (AvgIpc) is 2.11. The Labute approximate surface area is 78.1 Å². The molecule has 2 unspecified atom stereocenters. The third-order valence-electron chi connectivity index (χ3n) is 1.82. The number of carbonyl (C=O) groups is 1. The summed E-state index contributed by atoms with van der Waals surface area (Å²) in [5.74, 6) is -0.679. The van der Waals surface area contributed by atoms with Crippen LogP contribution in [0.5, 0.6) is 0 Å². The Bertz CT molecular complexity index is 201. The van der Waals surface area contributed by atoms with E-state index in [1.807, 2.05) is 0 Å². The molecule has 0 fully saturated rings. The van der Waals surface area contributed by atoms with Gasteiger partial charge in [-0.2, -0.15) is 0 Å². The van der Waals surface area contributed by atoms with Crippen molar-refractivity contribution in [2.75, 3.05) is 0 Å². The summed E-state index contributed by atoms with van der Waals surface area (Å²) in [4.78, 5) is 10.8. The number of aliphatic hydroxyl groups is 2. The quantitative estimate of drug-likeness (QED) is 0.527. The molecule has 0 aliphatic heterocycles. The van der Waals surface area contributed by atoms with E-state index >= 15 is 0 Å². The summed E-state index contributed by atoms with van der Waals surface area (Å²) >= 11 is 0. The summed E-state index contributed by atoms with van der Waals surface area (Å²) in [6, 6.07) is 0. The first kappa shape index (κ1) is 12.1. The van der Waals surface area contributed by atoms with Crippen molar-refractivity contribution in [2.45, 2.75) is 38.9 Å². The van der Waals surface area contributed by atoms with Gasteiger partial charge in [0.2, 0.25) is 5.91 Å². The summed E-state index contributed by atoms with van der Waals surface area (Å²) < 4.78 is 0. The van der Waals surface area contributed by atoms with E-state index in [1.54, 1.807) is 13.8 Å². The Morgan fingerprint density at radius 3 is 2.23 bits per heavy atom. The van der Waals surface area contributed by atoms with Gasteiger partial charge in [0.1, 0.15) is 0 Å². The maximum Gasteiger partial charge on any atom is 0.247 e. The molecule has 0 aromatic rings. The van der Waals surface area contributed by atoms with E-state index in [1.165, 1.54) is 6.08 Å². The summed E-state index contributed by atoms with van der Waals surface area (Å²) in [5.41, 5.74) is 5.13. The smallest absolute Gasteiger partial charge is 0.247 e. The predicted molar refractivity (Wildman–Crippen MR) is 49.9 cm³/mol. The van der Waals surface area contributed by atoms with Gasteiger partial charge in [0.05, 0.1) is 12.2 Å². The van der Waals surface area contributed by atoms with Crippen LogP contribution in [0.3, 0.4) is 0 Å². The van der Waals surface area contributed by atoms with Crippen LogP contribution in [0, 0.1) is 0 Å². The molecule has 0 bridgehead atoms. The van der Waals surface area contributed by atoms with Gasteiger partial charge >= 0.3 is 0 Å². The van der Waals surface area contributed by atoms with E-state index in [0.29, 0.717) is 12.8 Å². The molecule has 0 rings (SSSR count). The molecule has 0 saturated heterocycles.